The summed E-state index contributed by atoms with van der Waals surface area (Å²) in [5, 5.41) is 6.88. The second-order valence-electron chi connectivity index (χ2n) is 6.89. The lowest BCUT2D eigenvalue weighted by Crippen LogP contribution is -2.36. The number of nitrogens with one attached hydrogen (secondary N) is 1. The normalized spacial score (nSPS) is 17.1. The molecule has 1 aliphatic heterocycles. The molecule has 0 bridgehead atoms. The molecule has 0 spiro atoms. The van der Waals surface area contributed by atoms with Crippen molar-refractivity contribution in [3.8, 4) is 0 Å². The standard InChI is InChI=1S/C19H23N5O3/c1-12-16(14(3)27-22-12)10-23-6-7-24-11-17(21-18(24)13(23)2)19(25)20-9-15-5-4-8-26-15/h4-5,8,11,13H,6-7,9-10H2,1-3H3,(H,20,25)/t13-/m0/s1. The lowest BCUT2D eigenvalue weighted by molar-refractivity contribution is 0.0943. The number of nitrogens with zero attached hydrogens (tertiary/aromatic N) is 4. The topological polar surface area (TPSA) is 89.3 Å². The smallest absolute Gasteiger partial charge is 0.271 e. The summed E-state index contributed by atoms with van der Waals surface area (Å²) >= 11 is 0. The molecule has 1 N–H and O–H groups in total. The number of carbonyl (C=O) groups excluding carboxylic acids is 1. The molecule has 0 unspecified atom stereocenters. The summed E-state index contributed by atoms with van der Waals surface area (Å²) in [6.45, 7) is 8.79. The number of carbonyl (C=O) groups is 1. The molecule has 0 aliphatic carbocycles. The molecule has 0 fully saturated rings. The van der Waals surface area contributed by atoms with Crippen LogP contribution in [0.15, 0.2) is 33.5 Å². The van der Waals surface area contributed by atoms with Crippen LogP contribution in [0.3, 0.4) is 0 Å². The van der Waals surface area contributed by atoms with Gasteiger partial charge >= 0.3 is 0 Å². The number of imidazole rings is 1. The predicted molar refractivity (Wildman–Crippen MR) is 96.9 cm³/mol. The molecule has 4 heterocycles. The van der Waals surface area contributed by atoms with Crippen LogP contribution < -0.4 is 5.32 Å². The molecule has 0 saturated carbocycles. The molecule has 4 rings (SSSR count). The Bertz CT molecular complexity index is 921. The molecule has 3 aromatic rings. The van der Waals surface area contributed by atoms with Crippen LogP contribution in [0.25, 0.3) is 0 Å². The molecule has 1 atom stereocenters. The van der Waals surface area contributed by atoms with Crippen LogP contribution in [0.5, 0.6) is 0 Å². The third-order valence-corrected chi connectivity index (χ3v) is 5.14. The Labute approximate surface area is 157 Å². The van der Waals surface area contributed by atoms with Gasteiger partial charge in [0, 0.05) is 31.4 Å². The summed E-state index contributed by atoms with van der Waals surface area (Å²) in [5.41, 5.74) is 2.48. The highest BCUT2D eigenvalue weighted by atomic mass is 16.5. The highest BCUT2D eigenvalue weighted by molar-refractivity contribution is 5.92. The van der Waals surface area contributed by atoms with Gasteiger partial charge in [0.1, 0.15) is 23.0 Å². The predicted octanol–water partition coefficient (Wildman–Crippen LogP) is 2.59. The lowest BCUT2D eigenvalue weighted by atomic mass is 10.1. The van der Waals surface area contributed by atoms with Crippen LogP contribution in [-0.2, 0) is 19.6 Å². The molecule has 142 valence electrons. The van der Waals surface area contributed by atoms with E-state index in [9.17, 15) is 4.79 Å². The first-order valence-electron chi connectivity index (χ1n) is 9.06. The summed E-state index contributed by atoms with van der Waals surface area (Å²) in [5.74, 6) is 2.27. The third kappa shape index (κ3) is 3.40. The van der Waals surface area contributed by atoms with E-state index >= 15 is 0 Å². The van der Waals surface area contributed by atoms with E-state index in [1.807, 2.05) is 26.1 Å². The highest BCUT2D eigenvalue weighted by Gasteiger charge is 2.28. The maximum Gasteiger partial charge on any atom is 0.271 e. The van der Waals surface area contributed by atoms with Crippen molar-refractivity contribution < 1.29 is 13.7 Å². The van der Waals surface area contributed by atoms with E-state index in [0.717, 1.165) is 42.5 Å². The van der Waals surface area contributed by atoms with Crippen LogP contribution >= 0.6 is 0 Å². The van der Waals surface area contributed by atoms with Crippen LogP contribution in [-0.4, -0.2) is 32.1 Å². The zero-order valence-corrected chi connectivity index (χ0v) is 15.7. The second kappa shape index (κ2) is 7.03. The van der Waals surface area contributed by atoms with E-state index in [2.05, 4.69) is 31.8 Å². The number of rotatable bonds is 5. The Morgan fingerprint density at radius 2 is 2.22 bits per heavy atom. The van der Waals surface area contributed by atoms with E-state index in [4.69, 9.17) is 8.94 Å². The lowest BCUT2D eigenvalue weighted by Gasteiger charge is -2.33. The molecule has 0 aromatic carbocycles. The average Bonchev–Trinajstić information content (AvgIpc) is 3.38. The fourth-order valence-corrected chi connectivity index (χ4v) is 3.46. The summed E-state index contributed by atoms with van der Waals surface area (Å²) in [6.07, 6.45) is 3.42. The van der Waals surface area contributed by atoms with E-state index < -0.39 is 0 Å². The SMILES string of the molecule is Cc1noc(C)c1CN1CCn2cc(C(=O)NCc3ccco3)nc2[C@@H]1C. The van der Waals surface area contributed by atoms with Gasteiger partial charge in [0.15, 0.2) is 0 Å². The first-order valence-corrected chi connectivity index (χ1v) is 9.06. The first kappa shape index (κ1) is 17.5. The zero-order valence-electron chi connectivity index (χ0n) is 15.7. The van der Waals surface area contributed by atoms with E-state index in [1.54, 1.807) is 12.3 Å². The van der Waals surface area contributed by atoms with Crippen LogP contribution in [0, 0.1) is 13.8 Å². The quantitative estimate of drug-likeness (QED) is 0.744. The first-order chi connectivity index (χ1) is 13.0. The van der Waals surface area contributed by atoms with Crippen LogP contribution in [0.2, 0.25) is 0 Å². The van der Waals surface area contributed by atoms with Crippen molar-refractivity contribution in [3.63, 3.8) is 0 Å². The molecular formula is C19H23N5O3. The largest absolute Gasteiger partial charge is 0.467 e. The minimum Gasteiger partial charge on any atom is -0.467 e. The Morgan fingerprint density at radius 3 is 2.93 bits per heavy atom. The monoisotopic (exact) mass is 369 g/mol. The van der Waals surface area contributed by atoms with E-state index in [-0.39, 0.29) is 11.9 Å². The number of fused-ring (bicyclic) bond motifs is 1. The van der Waals surface area contributed by atoms with Gasteiger partial charge in [-0.05, 0) is 32.9 Å². The molecule has 1 aliphatic rings. The minimum absolute atomic E-state index is 0.0964. The molecule has 8 nitrogen and oxygen atoms in total. The summed E-state index contributed by atoms with van der Waals surface area (Å²) in [7, 11) is 0. The van der Waals surface area contributed by atoms with Gasteiger partial charge in [0.2, 0.25) is 0 Å². The van der Waals surface area contributed by atoms with Gasteiger partial charge in [-0.1, -0.05) is 5.16 Å². The molecule has 8 heteroatoms. The Balaban J connectivity index is 1.46. The van der Waals surface area contributed by atoms with Crippen molar-refractivity contribution >= 4 is 5.91 Å². The van der Waals surface area contributed by atoms with Crippen LogP contribution in [0.4, 0.5) is 0 Å². The molecule has 3 aromatic heterocycles. The highest BCUT2D eigenvalue weighted by Crippen LogP contribution is 2.27. The van der Waals surface area contributed by atoms with Crippen molar-refractivity contribution in [3.05, 3.63) is 58.9 Å². The Hall–Kier alpha value is -2.87. The Kier molecular flexibility index (Phi) is 4.57. The molecular weight excluding hydrogens is 346 g/mol. The molecule has 27 heavy (non-hydrogen) atoms. The number of aryl methyl sites for hydroxylation is 2. The van der Waals surface area contributed by atoms with Gasteiger partial charge in [-0.25, -0.2) is 4.98 Å². The molecule has 1 amide bonds. The summed E-state index contributed by atoms with van der Waals surface area (Å²) < 4.78 is 12.6. The van der Waals surface area contributed by atoms with Crippen molar-refractivity contribution in [2.45, 2.75) is 46.4 Å². The average molecular weight is 369 g/mol. The van der Waals surface area contributed by atoms with Crippen LogP contribution in [0.1, 0.15) is 52.1 Å². The zero-order chi connectivity index (χ0) is 19.0. The number of aromatic nitrogens is 3. The summed E-state index contributed by atoms with van der Waals surface area (Å²) in [6, 6.07) is 3.72. The number of hydrogen-bond donors (Lipinski definition) is 1. The van der Waals surface area contributed by atoms with Gasteiger partial charge in [-0.15, -0.1) is 0 Å². The second-order valence-corrected chi connectivity index (χ2v) is 6.89. The van der Waals surface area contributed by atoms with Gasteiger partial charge in [-0.2, -0.15) is 0 Å². The maximum absolute atomic E-state index is 12.4. The van der Waals surface area contributed by atoms with Gasteiger partial charge < -0.3 is 18.8 Å². The molecule has 0 radical (unpaired) electrons. The number of hydrogen-bond acceptors (Lipinski definition) is 6. The fraction of sp³-hybridized carbons (Fsp3) is 0.421. The van der Waals surface area contributed by atoms with E-state index in [1.165, 1.54) is 0 Å². The maximum atomic E-state index is 12.4. The van der Waals surface area contributed by atoms with Crippen molar-refractivity contribution in [1.29, 1.82) is 0 Å². The fourth-order valence-electron chi connectivity index (χ4n) is 3.46. The molecule has 0 saturated heterocycles. The number of amides is 1. The Morgan fingerprint density at radius 1 is 1.37 bits per heavy atom. The summed E-state index contributed by atoms with van der Waals surface area (Å²) in [4.78, 5) is 19.4. The number of furan rings is 1. The van der Waals surface area contributed by atoms with Crippen molar-refractivity contribution in [1.82, 2.24) is 24.9 Å². The van der Waals surface area contributed by atoms with Crippen molar-refractivity contribution in [2.75, 3.05) is 6.54 Å². The van der Waals surface area contributed by atoms with E-state index in [0.29, 0.717) is 18.0 Å². The third-order valence-electron chi connectivity index (χ3n) is 5.14. The minimum atomic E-state index is -0.197. The van der Waals surface area contributed by atoms with Gasteiger partial charge in [-0.3, -0.25) is 9.69 Å². The van der Waals surface area contributed by atoms with Gasteiger partial charge in [0.05, 0.1) is 24.5 Å². The van der Waals surface area contributed by atoms with Crippen molar-refractivity contribution in [2.24, 2.45) is 0 Å². The van der Waals surface area contributed by atoms with Gasteiger partial charge in [0.25, 0.3) is 5.91 Å².